The fraction of sp³-hybridized carbons (Fsp3) is 0.565. The van der Waals surface area contributed by atoms with Crippen LogP contribution in [0.3, 0.4) is 0 Å². The summed E-state index contributed by atoms with van der Waals surface area (Å²) >= 11 is 0. The number of alkyl carbamates (subject to hydrolysis) is 1. The number of para-hydroxylation sites is 1. The molecule has 0 unspecified atom stereocenters. The van der Waals surface area contributed by atoms with Crippen LogP contribution in [0.4, 0.5) is 4.79 Å². The molecule has 1 aromatic carbocycles. The Balaban J connectivity index is 1.33. The number of nitrogens with one attached hydrogen (secondary N) is 2. The first-order valence-corrected chi connectivity index (χ1v) is 10.5. The molecule has 6 nitrogen and oxygen atoms in total. The van der Waals surface area contributed by atoms with Crippen LogP contribution in [0.5, 0.6) is 0 Å². The highest BCUT2D eigenvalue weighted by molar-refractivity contribution is 5.87. The number of amides is 1. The molecule has 4 bridgehead atoms. The number of rotatable bonds is 5. The Kier molecular flexibility index (Phi) is 4.06. The van der Waals surface area contributed by atoms with Crippen LogP contribution in [0.2, 0.25) is 0 Å². The highest BCUT2D eigenvalue weighted by Gasteiger charge is 2.50. The van der Waals surface area contributed by atoms with Gasteiger partial charge in [0.15, 0.2) is 0 Å². The predicted octanol–water partition coefficient (Wildman–Crippen LogP) is 4.10. The molecule has 6 heteroatoms. The maximum Gasteiger partial charge on any atom is 0.408 e. The number of carbonyl (C=O) groups is 2. The highest BCUT2D eigenvalue weighted by Crippen LogP contribution is 2.54. The fourth-order valence-electron chi connectivity index (χ4n) is 6.19. The van der Waals surface area contributed by atoms with Crippen molar-refractivity contribution in [2.75, 3.05) is 0 Å². The van der Waals surface area contributed by atoms with E-state index in [9.17, 15) is 14.7 Å². The molecule has 4 aliphatic carbocycles. The van der Waals surface area contributed by atoms with Gasteiger partial charge in [-0.05, 0) is 74.3 Å². The minimum atomic E-state index is -1.73. The number of hydrogen-bond acceptors (Lipinski definition) is 3. The molecule has 154 valence electrons. The van der Waals surface area contributed by atoms with Crippen molar-refractivity contribution in [1.29, 1.82) is 0 Å². The predicted molar refractivity (Wildman–Crippen MR) is 108 cm³/mol. The maximum absolute atomic E-state index is 12.8. The molecule has 0 radical (unpaired) electrons. The van der Waals surface area contributed by atoms with Gasteiger partial charge in [0, 0.05) is 24.9 Å². The first kappa shape index (κ1) is 17.4. The van der Waals surface area contributed by atoms with Crippen molar-refractivity contribution in [3.05, 3.63) is 36.0 Å². The molecule has 29 heavy (non-hydrogen) atoms. The molecule has 4 saturated carbocycles. The van der Waals surface area contributed by atoms with Crippen molar-refractivity contribution >= 4 is 23.0 Å². The van der Waals surface area contributed by atoms with Crippen LogP contribution in [-0.4, -0.2) is 33.8 Å². The molecule has 0 saturated heterocycles. The van der Waals surface area contributed by atoms with Crippen molar-refractivity contribution in [3.63, 3.8) is 0 Å². The Morgan fingerprint density at radius 1 is 1.21 bits per heavy atom. The summed E-state index contributed by atoms with van der Waals surface area (Å²) in [7, 11) is 0. The lowest BCUT2D eigenvalue weighted by atomic mass is 9.55. The van der Waals surface area contributed by atoms with Crippen molar-refractivity contribution in [2.45, 2.75) is 57.1 Å². The van der Waals surface area contributed by atoms with Crippen molar-refractivity contribution < 1.29 is 20.8 Å². The SMILES string of the molecule is [2H]C[C@@](Cc1c[nH]c2ccccc12)(NC(=O)OC1C2CC3CC(C2)CC1C3)C(=O)O. The number of hydrogen-bond donors (Lipinski definition) is 3. The topological polar surface area (TPSA) is 91.4 Å². The van der Waals surface area contributed by atoms with E-state index in [1.807, 2.05) is 24.3 Å². The summed E-state index contributed by atoms with van der Waals surface area (Å²) in [4.78, 5) is 28.1. The summed E-state index contributed by atoms with van der Waals surface area (Å²) in [6.45, 7) is -0.474. The van der Waals surface area contributed by atoms with E-state index in [-0.39, 0.29) is 12.5 Å². The minimum absolute atomic E-state index is 0.0205. The minimum Gasteiger partial charge on any atom is -0.480 e. The lowest BCUT2D eigenvalue weighted by molar-refractivity contribution is -0.144. The molecule has 4 fully saturated rings. The average Bonchev–Trinajstić information content (AvgIpc) is 3.12. The van der Waals surface area contributed by atoms with E-state index in [0.717, 1.165) is 54.0 Å². The second-order valence-electron chi connectivity index (χ2n) is 9.35. The van der Waals surface area contributed by atoms with Gasteiger partial charge < -0.3 is 20.1 Å². The third-order valence-corrected chi connectivity index (χ3v) is 7.30. The van der Waals surface area contributed by atoms with Crippen LogP contribution in [-0.2, 0) is 16.0 Å². The zero-order valence-corrected chi connectivity index (χ0v) is 16.4. The van der Waals surface area contributed by atoms with Crippen molar-refractivity contribution in [1.82, 2.24) is 10.3 Å². The van der Waals surface area contributed by atoms with Gasteiger partial charge in [-0.3, -0.25) is 0 Å². The van der Waals surface area contributed by atoms with Crippen molar-refractivity contribution in [2.24, 2.45) is 23.7 Å². The monoisotopic (exact) mass is 397 g/mol. The van der Waals surface area contributed by atoms with Gasteiger partial charge in [-0.15, -0.1) is 0 Å². The molecule has 2 aromatic rings. The van der Waals surface area contributed by atoms with Crippen LogP contribution in [0.1, 0.15) is 45.9 Å². The Labute approximate surface area is 171 Å². The second-order valence-corrected chi connectivity index (χ2v) is 9.35. The number of fused-ring (bicyclic) bond motifs is 1. The van der Waals surface area contributed by atoms with E-state index in [4.69, 9.17) is 6.11 Å². The lowest BCUT2D eigenvalue weighted by Gasteiger charge is -2.53. The van der Waals surface area contributed by atoms with Gasteiger partial charge in [-0.1, -0.05) is 18.2 Å². The molecule has 3 N–H and O–H groups in total. The first-order chi connectivity index (χ1) is 14.5. The number of benzene rings is 1. The normalized spacial score (nSPS) is 32.6. The number of aromatic nitrogens is 1. The molecule has 0 spiro atoms. The number of carboxylic acids is 1. The lowest BCUT2D eigenvalue weighted by Crippen LogP contribution is -2.56. The summed E-state index contributed by atoms with van der Waals surface area (Å²) in [6.07, 6.45) is 6.72. The van der Waals surface area contributed by atoms with Crippen LogP contribution < -0.4 is 5.32 Å². The van der Waals surface area contributed by atoms with Gasteiger partial charge in [-0.2, -0.15) is 0 Å². The third-order valence-electron chi connectivity index (χ3n) is 7.30. The number of carboxylic acid groups (broad SMARTS) is 1. The Morgan fingerprint density at radius 3 is 2.55 bits per heavy atom. The zero-order valence-electron chi connectivity index (χ0n) is 17.4. The van der Waals surface area contributed by atoms with Crippen LogP contribution in [0, 0.1) is 23.7 Å². The summed E-state index contributed by atoms with van der Waals surface area (Å²) < 4.78 is 13.8. The zero-order chi connectivity index (χ0) is 20.9. The molecule has 1 aromatic heterocycles. The number of aliphatic carboxylic acids is 1. The molecule has 1 amide bonds. The van der Waals surface area contributed by atoms with Crippen molar-refractivity contribution in [3.8, 4) is 0 Å². The van der Waals surface area contributed by atoms with Gasteiger partial charge in [0.05, 0.1) is 0 Å². The molecular weight excluding hydrogens is 368 g/mol. The third kappa shape index (κ3) is 3.28. The molecule has 1 heterocycles. The second kappa shape index (κ2) is 6.78. The largest absolute Gasteiger partial charge is 0.480 e. The molecular formula is C23H28N2O4. The Hall–Kier alpha value is -2.50. The van der Waals surface area contributed by atoms with Crippen LogP contribution in [0.15, 0.2) is 30.5 Å². The molecule has 1 atom stereocenters. The summed E-state index contributed by atoms with van der Waals surface area (Å²) in [5, 5.41) is 13.4. The number of ether oxygens (including phenoxy) is 1. The summed E-state index contributed by atoms with van der Waals surface area (Å²) in [5.41, 5.74) is -0.0725. The first-order valence-electron chi connectivity index (χ1n) is 11.2. The molecule has 4 aliphatic rings. The van der Waals surface area contributed by atoms with E-state index >= 15 is 0 Å². The van der Waals surface area contributed by atoms with Gasteiger partial charge in [0.1, 0.15) is 11.6 Å². The Morgan fingerprint density at radius 2 is 1.90 bits per heavy atom. The highest BCUT2D eigenvalue weighted by atomic mass is 16.6. The molecule has 0 aliphatic heterocycles. The van der Waals surface area contributed by atoms with E-state index in [1.165, 1.54) is 6.42 Å². The van der Waals surface area contributed by atoms with Crippen LogP contribution >= 0.6 is 0 Å². The average molecular weight is 397 g/mol. The quantitative estimate of drug-likeness (QED) is 0.708. The molecule has 6 rings (SSSR count). The number of carbonyl (C=O) groups excluding carboxylic acids is 1. The number of H-pyrrole nitrogens is 1. The fourth-order valence-corrected chi connectivity index (χ4v) is 6.19. The standard InChI is InChI=1S/C23H28N2O4/c1-23(21(26)27,11-17-12-24-19-5-3-2-4-18(17)19)25-22(28)29-20-15-7-13-6-14(9-15)10-16(20)8-13/h2-5,12-16,20,24H,6-11H2,1H3,(H,25,28)(H,26,27)/t13?,14?,15?,16?,20?,23-/m0/s1/i1D. The van der Waals surface area contributed by atoms with Gasteiger partial charge >= 0.3 is 12.1 Å². The summed E-state index contributed by atoms with van der Waals surface area (Å²) in [6, 6.07) is 7.61. The van der Waals surface area contributed by atoms with Gasteiger partial charge in [0.2, 0.25) is 0 Å². The van der Waals surface area contributed by atoms with Gasteiger partial charge in [0.25, 0.3) is 0 Å². The van der Waals surface area contributed by atoms with E-state index in [0.29, 0.717) is 11.8 Å². The smallest absolute Gasteiger partial charge is 0.408 e. The van der Waals surface area contributed by atoms with E-state index in [1.54, 1.807) is 6.20 Å². The maximum atomic E-state index is 12.8. The van der Waals surface area contributed by atoms with Gasteiger partial charge in [-0.25, -0.2) is 9.59 Å². The van der Waals surface area contributed by atoms with Crippen LogP contribution in [0.25, 0.3) is 10.9 Å². The van der Waals surface area contributed by atoms with E-state index in [2.05, 4.69) is 10.3 Å². The van der Waals surface area contributed by atoms with E-state index < -0.39 is 24.5 Å². The summed E-state index contributed by atoms with van der Waals surface area (Å²) in [5.74, 6) is 1.11. The number of aromatic amines is 1. The Bertz CT molecular complexity index is 945.